The van der Waals surface area contributed by atoms with Crippen LogP contribution in [0, 0.1) is 0 Å². The van der Waals surface area contributed by atoms with E-state index in [1.807, 2.05) is 6.07 Å². The molecule has 1 aromatic rings. The second-order valence-electron chi connectivity index (χ2n) is 5.55. The van der Waals surface area contributed by atoms with Crippen LogP contribution in [0.5, 0.6) is 0 Å². The summed E-state index contributed by atoms with van der Waals surface area (Å²) in [5.41, 5.74) is 1.47. The number of carbonyl (C=O) groups is 1. The highest BCUT2D eigenvalue weighted by Crippen LogP contribution is 2.22. The van der Waals surface area contributed by atoms with Crippen molar-refractivity contribution < 1.29 is 9.90 Å². The Labute approximate surface area is 128 Å². The van der Waals surface area contributed by atoms with Crippen molar-refractivity contribution >= 4 is 21.9 Å². The van der Waals surface area contributed by atoms with Gasteiger partial charge in [-0.05, 0) is 44.6 Å². The van der Waals surface area contributed by atoms with Gasteiger partial charge in [-0.1, -0.05) is 22.0 Å². The van der Waals surface area contributed by atoms with Crippen LogP contribution >= 0.6 is 15.9 Å². The smallest absolute Gasteiger partial charge is 0.335 e. The molecule has 0 spiro atoms. The number of hydrogen-bond donors (Lipinski definition) is 1. The SMILES string of the molecule is CC1CN(C)CCCN1Cc1ccc(C(=O)O)cc1Br. The number of halogens is 1. The van der Waals surface area contributed by atoms with E-state index in [0.717, 1.165) is 36.2 Å². The molecule has 4 nitrogen and oxygen atoms in total. The van der Waals surface area contributed by atoms with Gasteiger partial charge in [0.15, 0.2) is 0 Å². The maximum absolute atomic E-state index is 11.0. The van der Waals surface area contributed by atoms with Crippen LogP contribution in [-0.2, 0) is 6.54 Å². The summed E-state index contributed by atoms with van der Waals surface area (Å²) in [5.74, 6) is -0.887. The van der Waals surface area contributed by atoms with Crippen molar-refractivity contribution in [1.29, 1.82) is 0 Å². The third-order valence-electron chi connectivity index (χ3n) is 3.86. The Morgan fingerprint density at radius 1 is 1.45 bits per heavy atom. The lowest BCUT2D eigenvalue weighted by molar-refractivity contribution is 0.0696. The van der Waals surface area contributed by atoms with Gasteiger partial charge in [0.1, 0.15) is 0 Å². The normalized spacial score (nSPS) is 21.6. The van der Waals surface area contributed by atoms with Crippen molar-refractivity contribution in [2.75, 3.05) is 26.7 Å². The van der Waals surface area contributed by atoms with Crippen LogP contribution in [0.4, 0.5) is 0 Å². The van der Waals surface area contributed by atoms with Crippen LogP contribution in [0.3, 0.4) is 0 Å². The lowest BCUT2D eigenvalue weighted by Gasteiger charge is -2.28. The minimum absolute atomic E-state index is 0.323. The van der Waals surface area contributed by atoms with Crippen LogP contribution in [-0.4, -0.2) is 53.6 Å². The van der Waals surface area contributed by atoms with Crippen LogP contribution < -0.4 is 0 Å². The van der Waals surface area contributed by atoms with E-state index in [1.165, 1.54) is 6.42 Å². The standard InChI is InChI=1S/C15H21BrN2O2/c1-11-9-17(2)6-3-7-18(11)10-13-5-4-12(15(19)20)8-14(13)16/h4-5,8,11H,3,6-7,9-10H2,1-2H3,(H,19,20). The number of carboxylic acids is 1. The summed E-state index contributed by atoms with van der Waals surface area (Å²) in [6.07, 6.45) is 1.17. The second kappa shape index (κ2) is 6.70. The molecule has 20 heavy (non-hydrogen) atoms. The highest BCUT2D eigenvalue weighted by molar-refractivity contribution is 9.10. The largest absolute Gasteiger partial charge is 0.478 e. The third kappa shape index (κ3) is 3.81. The Kier molecular flexibility index (Phi) is 5.18. The fourth-order valence-electron chi connectivity index (χ4n) is 2.68. The van der Waals surface area contributed by atoms with Gasteiger partial charge in [-0.25, -0.2) is 4.79 Å². The molecular weight excluding hydrogens is 320 g/mol. The molecule has 0 aromatic heterocycles. The molecule has 1 aliphatic heterocycles. The van der Waals surface area contributed by atoms with Gasteiger partial charge < -0.3 is 10.0 Å². The van der Waals surface area contributed by atoms with E-state index in [2.05, 4.69) is 39.7 Å². The van der Waals surface area contributed by atoms with Crippen molar-refractivity contribution in [3.63, 3.8) is 0 Å². The fraction of sp³-hybridized carbons (Fsp3) is 0.533. The maximum Gasteiger partial charge on any atom is 0.335 e. The zero-order valence-electron chi connectivity index (χ0n) is 12.0. The Morgan fingerprint density at radius 2 is 2.20 bits per heavy atom. The minimum atomic E-state index is -0.887. The quantitative estimate of drug-likeness (QED) is 0.918. The Morgan fingerprint density at radius 3 is 2.85 bits per heavy atom. The number of hydrogen-bond acceptors (Lipinski definition) is 3. The molecule has 1 unspecified atom stereocenters. The summed E-state index contributed by atoms with van der Waals surface area (Å²) >= 11 is 3.49. The molecule has 0 saturated carbocycles. The number of carboxylic acid groups (broad SMARTS) is 1. The second-order valence-corrected chi connectivity index (χ2v) is 6.40. The van der Waals surface area contributed by atoms with Crippen molar-refractivity contribution in [2.24, 2.45) is 0 Å². The number of likely N-dealkylation sites (N-methyl/N-ethyl adjacent to an activating group) is 1. The molecule has 1 N–H and O–H groups in total. The predicted octanol–water partition coefficient (Wildman–Crippen LogP) is 2.67. The van der Waals surface area contributed by atoms with Gasteiger partial charge in [-0.3, -0.25) is 4.90 Å². The Hall–Kier alpha value is -0.910. The first-order chi connectivity index (χ1) is 9.47. The highest BCUT2D eigenvalue weighted by atomic mass is 79.9. The van der Waals surface area contributed by atoms with Gasteiger partial charge in [0.05, 0.1) is 5.56 Å². The van der Waals surface area contributed by atoms with Crippen LogP contribution in [0.25, 0.3) is 0 Å². The monoisotopic (exact) mass is 340 g/mol. The minimum Gasteiger partial charge on any atom is -0.478 e. The molecule has 0 radical (unpaired) electrons. The average Bonchev–Trinajstić information content (AvgIpc) is 2.53. The van der Waals surface area contributed by atoms with E-state index in [9.17, 15) is 4.79 Å². The summed E-state index contributed by atoms with van der Waals surface area (Å²) in [6.45, 7) is 6.40. The van der Waals surface area contributed by atoms with Gasteiger partial charge in [0.25, 0.3) is 0 Å². The third-order valence-corrected chi connectivity index (χ3v) is 4.60. The fourth-order valence-corrected chi connectivity index (χ4v) is 3.19. The molecular formula is C15H21BrN2O2. The van der Waals surface area contributed by atoms with Gasteiger partial charge >= 0.3 is 5.97 Å². The molecule has 0 bridgehead atoms. The van der Waals surface area contributed by atoms with Crippen LogP contribution in [0.15, 0.2) is 22.7 Å². The van der Waals surface area contributed by atoms with Gasteiger partial charge in [0, 0.05) is 30.1 Å². The molecule has 1 fully saturated rings. The van der Waals surface area contributed by atoms with E-state index in [-0.39, 0.29) is 0 Å². The first-order valence-corrected chi connectivity index (χ1v) is 7.71. The van der Waals surface area contributed by atoms with E-state index in [4.69, 9.17) is 5.11 Å². The lowest BCUT2D eigenvalue weighted by Crippen LogP contribution is -2.37. The lowest BCUT2D eigenvalue weighted by atomic mass is 10.1. The first kappa shape index (κ1) is 15.5. The number of benzene rings is 1. The molecule has 1 saturated heterocycles. The molecule has 1 aromatic carbocycles. The van der Waals surface area contributed by atoms with Crippen LogP contribution in [0.1, 0.15) is 29.3 Å². The van der Waals surface area contributed by atoms with Gasteiger partial charge in [-0.2, -0.15) is 0 Å². The zero-order valence-corrected chi connectivity index (χ0v) is 13.6. The molecule has 2 rings (SSSR count). The van der Waals surface area contributed by atoms with Gasteiger partial charge in [0.2, 0.25) is 0 Å². The number of nitrogens with zero attached hydrogens (tertiary/aromatic N) is 2. The summed E-state index contributed by atoms with van der Waals surface area (Å²) < 4.78 is 0.877. The summed E-state index contributed by atoms with van der Waals surface area (Å²) in [6, 6.07) is 5.78. The molecule has 0 amide bonds. The Balaban J connectivity index is 2.11. The topological polar surface area (TPSA) is 43.8 Å². The highest BCUT2D eigenvalue weighted by Gasteiger charge is 2.20. The number of rotatable bonds is 3. The van der Waals surface area contributed by atoms with Crippen molar-refractivity contribution in [1.82, 2.24) is 9.80 Å². The Bertz CT molecular complexity index is 493. The van der Waals surface area contributed by atoms with E-state index < -0.39 is 5.97 Å². The first-order valence-electron chi connectivity index (χ1n) is 6.91. The summed E-state index contributed by atoms with van der Waals surface area (Å²) in [7, 11) is 2.16. The summed E-state index contributed by atoms with van der Waals surface area (Å²) in [4.78, 5) is 15.8. The van der Waals surface area contributed by atoms with E-state index >= 15 is 0 Å². The van der Waals surface area contributed by atoms with Crippen LogP contribution in [0.2, 0.25) is 0 Å². The van der Waals surface area contributed by atoms with Crippen molar-refractivity contribution in [3.05, 3.63) is 33.8 Å². The van der Waals surface area contributed by atoms with E-state index in [1.54, 1.807) is 12.1 Å². The molecule has 1 heterocycles. The van der Waals surface area contributed by atoms with E-state index in [0.29, 0.717) is 11.6 Å². The average molecular weight is 341 g/mol. The van der Waals surface area contributed by atoms with Crippen molar-refractivity contribution in [2.45, 2.75) is 25.9 Å². The van der Waals surface area contributed by atoms with Crippen molar-refractivity contribution in [3.8, 4) is 0 Å². The molecule has 0 aliphatic carbocycles. The number of aromatic carboxylic acids is 1. The summed E-state index contributed by atoms with van der Waals surface area (Å²) in [5, 5.41) is 8.99. The molecule has 1 atom stereocenters. The molecule has 5 heteroatoms. The molecule has 1 aliphatic rings. The molecule has 110 valence electrons. The zero-order chi connectivity index (χ0) is 14.7. The van der Waals surface area contributed by atoms with Gasteiger partial charge in [-0.15, -0.1) is 0 Å². The maximum atomic E-state index is 11.0. The predicted molar refractivity (Wildman–Crippen MR) is 83.1 cm³/mol.